The van der Waals surface area contributed by atoms with Gasteiger partial charge in [-0.2, -0.15) is 0 Å². The molecule has 1 unspecified atom stereocenters. The SMILES string of the molecule is Nc1ccc(CCNC(=O)C2CC(=O)N(CCN3CCOCC3)C2)cc1. The lowest BCUT2D eigenvalue weighted by atomic mass is 10.1. The number of amides is 2. The normalized spacial score (nSPS) is 21.2. The topological polar surface area (TPSA) is 87.9 Å². The Kier molecular flexibility index (Phi) is 6.46. The third-order valence-corrected chi connectivity index (χ3v) is 5.07. The van der Waals surface area contributed by atoms with E-state index < -0.39 is 0 Å². The van der Waals surface area contributed by atoms with Crippen molar-refractivity contribution in [3.63, 3.8) is 0 Å². The number of carbonyl (C=O) groups is 2. The minimum Gasteiger partial charge on any atom is -0.399 e. The second-order valence-corrected chi connectivity index (χ2v) is 6.98. The number of benzene rings is 1. The lowest BCUT2D eigenvalue weighted by Crippen LogP contribution is -2.42. The summed E-state index contributed by atoms with van der Waals surface area (Å²) >= 11 is 0. The van der Waals surface area contributed by atoms with E-state index in [0.717, 1.165) is 50.5 Å². The van der Waals surface area contributed by atoms with Crippen molar-refractivity contribution in [1.82, 2.24) is 15.1 Å². The molecule has 2 aliphatic rings. The molecule has 1 aromatic carbocycles. The number of likely N-dealkylation sites (tertiary alicyclic amines) is 1. The molecule has 26 heavy (non-hydrogen) atoms. The van der Waals surface area contributed by atoms with E-state index in [9.17, 15) is 9.59 Å². The summed E-state index contributed by atoms with van der Waals surface area (Å²) in [5.41, 5.74) is 7.54. The molecule has 2 heterocycles. The Hall–Kier alpha value is -2.12. The number of nitrogen functional groups attached to an aromatic ring is 1. The van der Waals surface area contributed by atoms with Gasteiger partial charge >= 0.3 is 0 Å². The molecule has 3 N–H and O–H groups in total. The maximum atomic E-state index is 12.3. The van der Waals surface area contributed by atoms with Gasteiger partial charge in [0.05, 0.1) is 19.1 Å². The van der Waals surface area contributed by atoms with Crippen LogP contribution < -0.4 is 11.1 Å². The Morgan fingerprint density at radius 1 is 1.19 bits per heavy atom. The van der Waals surface area contributed by atoms with E-state index in [4.69, 9.17) is 10.5 Å². The van der Waals surface area contributed by atoms with Crippen molar-refractivity contribution >= 4 is 17.5 Å². The molecule has 0 bridgehead atoms. The Labute approximate surface area is 154 Å². The molecule has 7 heteroatoms. The quantitative estimate of drug-likeness (QED) is 0.674. The number of anilines is 1. The standard InChI is InChI=1S/C19H28N4O3/c20-17-3-1-15(2-4-17)5-6-21-19(25)16-13-18(24)23(14-16)8-7-22-9-11-26-12-10-22/h1-4,16H,5-14,20H2,(H,21,25). The molecule has 1 aromatic rings. The minimum atomic E-state index is -0.237. The minimum absolute atomic E-state index is 0.0253. The van der Waals surface area contributed by atoms with Crippen molar-refractivity contribution in [1.29, 1.82) is 0 Å². The van der Waals surface area contributed by atoms with Crippen LogP contribution in [0.25, 0.3) is 0 Å². The van der Waals surface area contributed by atoms with Crippen LogP contribution in [-0.4, -0.2) is 74.1 Å². The van der Waals surface area contributed by atoms with Crippen LogP contribution in [0.5, 0.6) is 0 Å². The number of nitrogens with zero attached hydrogens (tertiary/aromatic N) is 2. The molecule has 0 aromatic heterocycles. The Morgan fingerprint density at radius 3 is 2.65 bits per heavy atom. The van der Waals surface area contributed by atoms with Crippen LogP contribution in [0.2, 0.25) is 0 Å². The fraction of sp³-hybridized carbons (Fsp3) is 0.579. The molecule has 0 radical (unpaired) electrons. The zero-order valence-corrected chi connectivity index (χ0v) is 15.2. The maximum absolute atomic E-state index is 12.3. The molecule has 0 saturated carbocycles. The van der Waals surface area contributed by atoms with Gasteiger partial charge in [0.1, 0.15) is 0 Å². The maximum Gasteiger partial charge on any atom is 0.225 e. The van der Waals surface area contributed by atoms with Gasteiger partial charge in [-0.05, 0) is 24.1 Å². The van der Waals surface area contributed by atoms with E-state index in [2.05, 4.69) is 10.2 Å². The first kappa shape index (κ1) is 18.7. The Balaban J connectivity index is 1.38. The number of morpholine rings is 1. The smallest absolute Gasteiger partial charge is 0.225 e. The molecular weight excluding hydrogens is 332 g/mol. The Bertz CT molecular complexity index is 614. The van der Waals surface area contributed by atoms with Crippen LogP contribution in [0.3, 0.4) is 0 Å². The number of carbonyl (C=O) groups excluding carboxylic acids is 2. The summed E-state index contributed by atoms with van der Waals surface area (Å²) in [5, 5.41) is 2.96. The van der Waals surface area contributed by atoms with Crippen molar-refractivity contribution in [3.8, 4) is 0 Å². The van der Waals surface area contributed by atoms with E-state index in [1.807, 2.05) is 29.2 Å². The van der Waals surface area contributed by atoms with E-state index in [1.54, 1.807) is 0 Å². The third-order valence-electron chi connectivity index (χ3n) is 5.07. The number of hydrogen-bond donors (Lipinski definition) is 2. The fourth-order valence-electron chi connectivity index (χ4n) is 3.41. The van der Waals surface area contributed by atoms with Crippen LogP contribution >= 0.6 is 0 Å². The number of hydrogen-bond acceptors (Lipinski definition) is 5. The predicted octanol–water partition coefficient (Wildman–Crippen LogP) is 0.108. The van der Waals surface area contributed by atoms with E-state index >= 15 is 0 Å². The van der Waals surface area contributed by atoms with Gasteiger partial charge in [-0.1, -0.05) is 12.1 Å². The van der Waals surface area contributed by atoms with Gasteiger partial charge in [0.25, 0.3) is 0 Å². The second kappa shape index (κ2) is 9.00. The van der Waals surface area contributed by atoms with Gasteiger partial charge in [-0.3, -0.25) is 14.5 Å². The molecule has 0 aliphatic carbocycles. The summed E-state index contributed by atoms with van der Waals surface area (Å²) in [6.45, 7) is 5.97. The van der Waals surface area contributed by atoms with Crippen molar-refractivity contribution in [3.05, 3.63) is 29.8 Å². The van der Waals surface area contributed by atoms with Gasteiger partial charge in [0, 0.05) is 51.4 Å². The average Bonchev–Trinajstić information content (AvgIpc) is 3.03. The molecule has 142 valence electrons. The van der Waals surface area contributed by atoms with Gasteiger partial charge in [-0.15, -0.1) is 0 Å². The van der Waals surface area contributed by atoms with E-state index in [-0.39, 0.29) is 17.7 Å². The predicted molar refractivity (Wildman–Crippen MR) is 99.5 cm³/mol. The molecule has 1 atom stereocenters. The first-order chi connectivity index (χ1) is 12.6. The van der Waals surface area contributed by atoms with Crippen LogP contribution in [0.15, 0.2) is 24.3 Å². The van der Waals surface area contributed by atoms with Crippen LogP contribution in [-0.2, 0) is 20.7 Å². The summed E-state index contributed by atoms with van der Waals surface area (Å²) < 4.78 is 5.34. The van der Waals surface area contributed by atoms with Crippen molar-refractivity contribution in [2.75, 3.05) is 58.2 Å². The lowest BCUT2D eigenvalue weighted by Gasteiger charge is -2.28. The first-order valence-corrected chi connectivity index (χ1v) is 9.32. The molecule has 0 spiro atoms. The molecule has 2 aliphatic heterocycles. The summed E-state index contributed by atoms with van der Waals surface area (Å²) in [4.78, 5) is 28.7. The monoisotopic (exact) mass is 360 g/mol. The lowest BCUT2D eigenvalue weighted by molar-refractivity contribution is -0.129. The molecule has 7 nitrogen and oxygen atoms in total. The van der Waals surface area contributed by atoms with Gasteiger partial charge in [-0.25, -0.2) is 0 Å². The fourth-order valence-corrected chi connectivity index (χ4v) is 3.41. The molecular formula is C19H28N4O3. The summed E-state index contributed by atoms with van der Waals surface area (Å²) in [7, 11) is 0. The molecule has 2 saturated heterocycles. The number of rotatable bonds is 7. The average molecular weight is 360 g/mol. The van der Waals surface area contributed by atoms with E-state index in [1.165, 1.54) is 0 Å². The molecule has 2 amide bonds. The zero-order valence-electron chi connectivity index (χ0n) is 15.2. The van der Waals surface area contributed by atoms with E-state index in [0.29, 0.717) is 26.1 Å². The first-order valence-electron chi connectivity index (χ1n) is 9.32. The highest BCUT2D eigenvalue weighted by atomic mass is 16.5. The van der Waals surface area contributed by atoms with Crippen molar-refractivity contribution < 1.29 is 14.3 Å². The highest BCUT2D eigenvalue weighted by molar-refractivity contribution is 5.89. The summed E-state index contributed by atoms with van der Waals surface area (Å²) in [6, 6.07) is 7.65. The molecule has 2 fully saturated rings. The third kappa shape index (κ3) is 5.19. The largest absolute Gasteiger partial charge is 0.399 e. The van der Waals surface area contributed by atoms with Crippen LogP contribution in [0, 0.1) is 5.92 Å². The highest BCUT2D eigenvalue weighted by Gasteiger charge is 2.34. The highest BCUT2D eigenvalue weighted by Crippen LogP contribution is 2.18. The number of nitrogens with two attached hydrogens (primary N) is 1. The zero-order chi connectivity index (χ0) is 18.4. The summed E-state index contributed by atoms with van der Waals surface area (Å²) in [5.74, 6) is -0.182. The van der Waals surface area contributed by atoms with Gasteiger partial charge in [0.2, 0.25) is 11.8 Å². The van der Waals surface area contributed by atoms with Crippen molar-refractivity contribution in [2.45, 2.75) is 12.8 Å². The van der Waals surface area contributed by atoms with Crippen LogP contribution in [0.4, 0.5) is 5.69 Å². The Morgan fingerprint density at radius 2 is 1.92 bits per heavy atom. The number of ether oxygens (including phenoxy) is 1. The van der Waals surface area contributed by atoms with Crippen LogP contribution in [0.1, 0.15) is 12.0 Å². The number of nitrogens with one attached hydrogen (secondary N) is 1. The molecule has 3 rings (SSSR count). The van der Waals surface area contributed by atoms with Gasteiger partial charge < -0.3 is 20.7 Å². The summed E-state index contributed by atoms with van der Waals surface area (Å²) in [6.07, 6.45) is 1.07. The van der Waals surface area contributed by atoms with Gasteiger partial charge in [0.15, 0.2) is 0 Å². The second-order valence-electron chi connectivity index (χ2n) is 6.98. The van der Waals surface area contributed by atoms with Crippen molar-refractivity contribution in [2.24, 2.45) is 5.92 Å².